The fraction of sp³-hybridized carbons (Fsp3) is 0.464. The normalized spacial score (nSPS) is 25.0. The van der Waals surface area contributed by atoms with Gasteiger partial charge in [-0.05, 0) is 61.4 Å². The molecule has 1 heterocycles. The summed E-state index contributed by atoms with van der Waals surface area (Å²) in [6, 6.07) is 18.6. The highest BCUT2D eigenvalue weighted by molar-refractivity contribution is 5.67. The summed E-state index contributed by atoms with van der Waals surface area (Å²) in [6.45, 7) is 7.27. The monoisotopic (exact) mass is 448 g/mol. The second-order valence-electron chi connectivity index (χ2n) is 9.47. The van der Waals surface area contributed by atoms with Crippen molar-refractivity contribution in [2.75, 3.05) is 33.8 Å². The number of hydrogen-bond acceptors (Lipinski definition) is 4. The minimum Gasteiger partial charge on any atom is -0.497 e. The molecule has 4 rings (SSSR count). The number of nitrogens with zero attached hydrogens (tertiary/aromatic N) is 2. The molecule has 1 amide bonds. The summed E-state index contributed by atoms with van der Waals surface area (Å²) in [5, 5.41) is 0. The zero-order valence-electron chi connectivity index (χ0n) is 19.9. The number of amides is 1. The summed E-state index contributed by atoms with van der Waals surface area (Å²) in [5.74, 6) is 1.44. The SMILES string of the molecule is C=CCN1CCC2(c3cccc(OC)c3)CC(N(C)C(=O)OCc3ccccc3)CCC2C1. The van der Waals surface area contributed by atoms with Crippen LogP contribution in [0.4, 0.5) is 4.79 Å². The van der Waals surface area contributed by atoms with Crippen molar-refractivity contribution in [2.45, 2.75) is 43.7 Å². The Balaban J connectivity index is 1.52. The van der Waals surface area contributed by atoms with Crippen LogP contribution in [0.25, 0.3) is 0 Å². The Labute approximate surface area is 198 Å². The molecular formula is C28H36N2O3. The Hall–Kier alpha value is -2.79. The number of methoxy groups -OCH3 is 1. The van der Waals surface area contributed by atoms with Crippen molar-refractivity contribution in [1.29, 1.82) is 0 Å². The maximum absolute atomic E-state index is 12.9. The highest BCUT2D eigenvalue weighted by atomic mass is 16.6. The molecule has 0 bridgehead atoms. The maximum atomic E-state index is 12.9. The first-order valence-electron chi connectivity index (χ1n) is 12.0. The van der Waals surface area contributed by atoms with Crippen LogP contribution in [0, 0.1) is 5.92 Å². The first-order chi connectivity index (χ1) is 16.1. The highest BCUT2D eigenvalue weighted by Gasteiger charge is 2.49. The Bertz CT molecular complexity index is 947. The molecule has 1 saturated heterocycles. The van der Waals surface area contributed by atoms with Crippen LogP contribution in [0.1, 0.15) is 36.8 Å². The molecule has 0 N–H and O–H groups in total. The first-order valence-corrected chi connectivity index (χ1v) is 12.0. The van der Waals surface area contributed by atoms with Gasteiger partial charge in [-0.15, -0.1) is 6.58 Å². The van der Waals surface area contributed by atoms with E-state index in [9.17, 15) is 4.79 Å². The molecule has 5 nitrogen and oxygen atoms in total. The average molecular weight is 449 g/mol. The highest BCUT2D eigenvalue weighted by Crippen LogP contribution is 2.50. The van der Waals surface area contributed by atoms with Crippen LogP contribution in [-0.2, 0) is 16.8 Å². The molecule has 2 fully saturated rings. The summed E-state index contributed by atoms with van der Waals surface area (Å²) in [5.41, 5.74) is 2.37. The summed E-state index contributed by atoms with van der Waals surface area (Å²) < 4.78 is 11.2. The number of rotatable bonds is 7. The van der Waals surface area contributed by atoms with Crippen molar-refractivity contribution < 1.29 is 14.3 Å². The lowest BCUT2D eigenvalue weighted by Gasteiger charge is -2.54. The van der Waals surface area contributed by atoms with Gasteiger partial charge in [0.05, 0.1) is 7.11 Å². The molecule has 2 aliphatic rings. The van der Waals surface area contributed by atoms with Crippen LogP contribution in [-0.4, -0.2) is 55.7 Å². The van der Waals surface area contributed by atoms with Crippen LogP contribution in [0.15, 0.2) is 67.3 Å². The van der Waals surface area contributed by atoms with Crippen LogP contribution in [0.3, 0.4) is 0 Å². The van der Waals surface area contributed by atoms with E-state index in [4.69, 9.17) is 9.47 Å². The van der Waals surface area contributed by atoms with Gasteiger partial charge in [-0.2, -0.15) is 0 Å². The van der Waals surface area contributed by atoms with Crippen molar-refractivity contribution in [3.8, 4) is 5.75 Å². The molecule has 1 saturated carbocycles. The first kappa shape index (κ1) is 23.4. The molecule has 2 aromatic rings. The van der Waals surface area contributed by atoms with Gasteiger partial charge < -0.3 is 14.4 Å². The zero-order chi connectivity index (χ0) is 23.3. The Morgan fingerprint density at radius 2 is 2.03 bits per heavy atom. The fourth-order valence-electron chi connectivity index (χ4n) is 5.77. The molecule has 0 aromatic heterocycles. The van der Waals surface area contributed by atoms with Gasteiger partial charge in [-0.1, -0.05) is 48.5 Å². The number of carbonyl (C=O) groups is 1. The quantitative estimate of drug-likeness (QED) is 0.542. The Morgan fingerprint density at radius 1 is 1.21 bits per heavy atom. The van der Waals surface area contributed by atoms with E-state index in [1.165, 1.54) is 5.56 Å². The second-order valence-corrected chi connectivity index (χ2v) is 9.47. The predicted molar refractivity (Wildman–Crippen MR) is 131 cm³/mol. The summed E-state index contributed by atoms with van der Waals surface area (Å²) in [6.07, 6.45) is 5.86. The van der Waals surface area contributed by atoms with Crippen LogP contribution in [0.5, 0.6) is 5.75 Å². The molecule has 3 unspecified atom stereocenters. The van der Waals surface area contributed by atoms with Gasteiger partial charge in [0.1, 0.15) is 12.4 Å². The molecule has 176 valence electrons. The van der Waals surface area contributed by atoms with Gasteiger partial charge >= 0.3 is 6.09 Å². The lowest BCUT2D eigenvalue weighted by atomic mass is 9.58. The number of fused-ring (bicyclic) bond motifs is 1. The van der Waals surface area contributed by atoms with Gasteiger partial charge in [0.15, 0.2) is 0 Å². The molecule has 0 radical (unpaired) electrons. The summed E-state index contributed by atoms with van der Waals surface area (Å²) >= 11 is 0. The van der Waals surface area contributed by atoms with E-state index in [0.717, 1.165) is 56.6 Å². The number of likely N-dealkylation sites (tertiary alicyclic amines) is 1. The fourth-order valence-corrected chi connectivity index (χ4v) is 5.77. The van der Waals surface area contributed by atoms with E-state index in [1.807, 2.05) is 54.4 Å². The van der Waals surface area contributed by atoms with Crippen LogP contribution >= 0.6 is 0 Å². The maximum Gasteiger partial charge on any atom is 0.410 e. The number of piperidine rings is 1. The third kappa shape index (κ3) is 5.09. The molecule has 5 heteroatoms. The largest absolute Gasteiger partial charge is 0.497 e. The molecular weight excluding hydrogens is 412 g/mol. The topological polar surface area (TPSA) is 42.0 Å². The van der Waals surface area contributed by atoms with Crippen molar-refractivity contribution in [3.63, 3.8) is 0 Å². The van der Waals surface area contributed by atoms with E-state index in [-0.39, 0.29) is 17.6 Å². The Kier molecular flexibility index (Phi) is 7.39. The second kappa shape index (κ2) is 10.4. The van der Waals surface area contributed by atoms with Crippen molar-refractivity contribution >= 4 is 6.09 Å². The molecule has 1 aliphatic heterocycles. The molecule has 0 spiro atoms. The predicted octanol–water partition coefficient (Wildman–Crippen LogP) is 5.26. The zero-order valence-corrected chi connectivity index (χ0v) is 19.9. The van der Waals surface area contributed by atoms with Gasteiger partial charge in [0.2, 0.25) is 0 Å². The molecule has 2 aromatic carbocycles. The van der Waals surface area contributed by atoms with E-state index in [2.05, 4.69) is 29.7 Å². The smallest absolute Gasteiger partial charge is 0.410 e. The molecule has 1 aliphatic carbocycles. The van der Waals surface area contributed by atoms with E-state index in [1.54, 1.807) is 7.11 Å². The van der Waals surface area contributed by atoms with Crippen molar-refractivity contribution in [1.82, 2.24) is 9.80 Å². The van der Waals surface area contributed by atoms with E-state index >= 15 is 0 Å². The third-order valence-electron chi connectivity index (χ3n) is 7.66. The van der Waals surface area contributed by atoms with Gasteiger partial charge in [0, 0.05) is 31.6 Å². The summed E-state index contributed by atoms with van der Waals surface area (Å²) in [4.78, 5) is 17.3. The van der Waals surface area contributed by atoms with Gasteiger partial charge in [-0.25, -0.2) is 4.79 Å². The average Bonchev–Trinajstić information content (AvgIpc) is 2.87. The van der Waals surface area contributed by atoms with Crippen molar-refractivity contribution in [2.24, 2.45) is 5.92 Å². The van der Waals surface area contributed by atoms with E-state index in [0.29, 0.717) is 12.5 Å². The molecule has 33 heavy (non-hydrogen) atoms. The number of benzene rings is 2. The van der Waals surface area contributed by atoms with Crippen molar-refractivity contribution in [3.05, 3.63) is 78.4 Å². The van der Waals surface area contributed by atoms with Gasteiger partial charge in [-0.3, -0.25) is 4.90 Å². The molecule has 3 atom stereocenters. The van der Waals surface area contributed by atoms with Crippen LogP contribution in [0.2, 0.25) is 0 Å². The number of hydrogen-bond donors (Lipinski definition) is 0. The minimum atomic E-state index is -0.243. The lowest BCUT2D eigenvalue weighted by Crippen LogP contribution is -2.56. The van der Waals surface area contributed by atoms with Gasteiger partial charge in [0.25, 0.3) is 0 Å². The van der Waals surface area contributed by atoms with Crippen LogP contribution < -0.4 is 4.74 Å². The third-order valence-corrected chi connectivity index (χ3v) is 7.66. The summed E-state index contributed by atoms with van der Waals surface area (Å²) in [7, 11) is 3.62. The minimum absolute atomic E-state index is 0.0308. The lowest BCUT2D eigenvalue weighted by molar-refractivity contribution is 0.0183. The van der Waals surface area contributed by atoms with E-state index < -0.39 is 0 Å². The Morgan fingerprint density at radius 3 is 2.79 bits per heavy atom. The number of ether oxygens (including phenoxy) is 2. The standard InChI is InChI=1S/C28H36N2O3/c1-4-16-30-17-15-28(23-11-8-12-26(18-23)32-3)19-25(14-13-24(28)20-30)29(2)27(31)33-21-22-9-6-5-7-10-22/h4-12,18,24-25H,1,13-17,19-21H2,2-3H3. The number of carbonyl (C=O) groups excluding carboxylic acids is 1.